The van der Waals surface area contributed by atoms with Gasteiger partial charge in [-0.05, 0) is 80.1 Å². The molecule has 0 unspecified atom stereocenters. The predicted octanol–water partition coefficient (Wildman–Crippen LogP) is 7.23. The molecule has 0 aromatic heterocycles. The van der Waals surface area contributed by atoms with Crippen molar-refractivity contribution in [2.45, 2.75) is 32.6 Å². The number of hydrogen-bond donors (Lipinski definition) is 3. The van der Waals surface area contributed by atoms with Gasteiger partial charge in [0.15, 0.2) is 5.75 Å². The third-order valence-corrected chi connectivity index (χ3v) is 6.88. The van der Waals surface area contributed by atoms with Gasteiger partial charge in [-0.1, -0.05) is 23.8 Å². The number of phenols is 1. The Morgan fingerprint density at radius 3 is 2.15 bits per heavy atom. The second-order valence-corrected chi connectivity index (χ2v) is 10.5. The van der Waals surface area contributed by atoms with Crippen LogP contribution in [-0.2, 0) is 10.1 Å². The van der Waals surface area contributed by atoms with E-state index < -0.39 is 10.1 Å². The molecule has 202 valence electrons. The average molecular weight is 549 g/mol. The highest BCUT2D eigenvalue weighted by molar-refractivity contribution is 7.86. The number of benzene rings is 4. The minimum atomic E-state index is -4.50. The smallest absolute Gasteiger partial charge is 0.296 e. The highest BCUT2D eigenvalue weighted by Crippen LogP contribution is 2.41. The molecule has 39 heavy (non-hydrogen) atoms. The van der Waals surface area contributed by atoms with Gasteiger partial charge in [0.25, 0.3) is 10.1 Å². The lowest BCUT2D eigenvalue weighted by atomic mass is 10.0. The molecule has 0 atom stereocenters. The Kier molecular flexibility index (Phi) is 8.05. The lowest BCUT2D eigenvalue weighted by Gasteiger charge is -2.11. The van der Waals surface area contributed by atoms with Gasteiger partial charge in [0.05, 0.1) is 12.3 Å². The van der Waals surface area contributed by atoms with Crippen molar-refractivity contribution in [1.29, 1.82) is 0 Å². The van der Waals surface area contributed by atoms with Crippen LogP contribution in [0.3, 0.4) is 0 Å². The zero-order valence-corrected chi connectivity index (χ0v) is 22.7. The topological polar surface area (TPSA) is 154 Å². The molecule has 0 heterocycles. The van der Waals surface area contributed by atoms with Crippen LogP contribution in [0.2, 0.25) is 0 Å². The Morgan fingerprint density at radius 1 is 0.769 bits per heavy atom. The van der Waals surface area contributed by atoms with Crippen molar-refractivity contribution in [3.8, 4) is 11.5 Å². The summed E-state index contributed by atoms with van der Waals surface area (Å²) < 4.78 is 38.7. The van der Waals surface area contributed by atoms with Crippen LogP contribution < -0.4 is 4.74 Å². The number of aliphatic hydroxyl groups excluding tert-OH is 1. The molecular formula is C28H28N4O6S. The largest absolute Gasteiger partial charge is 0.505 e. The van der Waals surface area contributed by atoms with E-state index in [9.17, 15) is 23.2 Å². The van der Waals surface area contributed by atoms with Crippen molar-refractivity contribution >= 4 is 43.6 Å². The summed E-state index contributed by atoms with van der Waals surface area (Å²) in [6.45, 7) is 7.02. The molecule has 0 aliphatic heterocycles. The fraction of sp³-hybridized carbons (Fsp3) is 0.214. The summed E-state index contributed by atoms with van der Waals surface area (Å²) in [5.74, 6) is 0.269. The highest BCUT2D eigenvalue weighted by atomic mass is 32.2. The van der Waals surface area contributed by atoms with Gasteiger partial charge in [-0.3, -0.25) is 4.55 Å². The van der Waals surface area contributed by atoms with Gasteiger partial charge >= 0.3 is 0 Å². The van der Waals surface area contributed by atoms with E-state index >= 15 is 0 Å². The van der Waals surface area contributed by atoms with Crippen molar-refractivity contribution < 1.29 is 27.9 Å². The van der Waals surface area contributed by atoms with Crippen LogP contribution >= 0.6 is 0 Å². The average Bonchev–Trinajstić information content (AvgIpc) is 2.87. The van der Waals surface area contributed by atoms with Crippen molar-refractivity contribution in [2.24, 2.45) is 20.5 Å². The van der Waals surface area contributed by atoms with Crippen molar-refractivity contribution in [1.82, 2.24) is 0 Å². The number of nitrogens with zero attached hydrogens (tertiary/aromatic N) is 4. The van der Waals surface area contributed by atoms with E-state index in [0.717, 1.165) is 22.1 Å². The lowest BCUT2D eigenvalue weighted by molar-refractivity contribution is 0.202. The first-order valence-electron chi connectivity index (χ1n) is 12.0. The summed E-state index contributed by atoms with van der Waals surface area (Å²) >= 11 is 0. The van der Waals surface area contributed by atoms with E-state index in [1.165, 1.54) is 12.1 Å². The third kappa shape index (κ3) is 6.28. The summed E-state index contributed by atoms with van der Waals surface area (Å²) in [6, 6.07) is 15.2. The van der Waals surface area contributed by atoms with E-state index in [0.29, 0.717) is 28.0 Å². The summed E-state index contributed by atoms with van der Waals surface area (Å²) in [7, 11) is -4.50. The number of aromatic hydroxyl groups is 1. The first kappa shape index (κ1) is 27.8. The van der Waals surface area contributed by atoms with Gasteiger partial charge in [0, 0.05) is 11.5 Å². The normalized spacial score (nSPS) is 12.2. The molecule has 0 aliphatic carbocycles. The van der Waals surface area contributed by atoms with E-state index in [-0.39, 0.29) is 35.3 Å². The van der Waals surface area contributed by atoms with Gasteiger partial charge in [0.2, 0.25) is 0 Å². The number of rotatable bonds is 8. The number of hydrogen-bond acceptors (Lipinski definition) is 9. The molecule has 0 saturated carbocycles. The van der Waals surface area contributed by atoms with Crippen LogP contribution in [0.25, 0.3) is 10.8 Å². The second-order valence-electron chi connectivity index (χ2n) is 9.14. The zero-order chi connectivity index (χ0) is 28.3. The lowest BCUT2D eigenvalue weighted by Crippen LogP contribution is -2.01. The van der Waals surface area contributed by atoms with Crippen LogP contribution in [0.1, 0.15) is 22.3 Å². The number of aliphatic hydroxyl groups is 1. The maximum atomic E-state index is 11.8. The predicted molar refractivity (Wildman–Crippen MR) is 148 cm³/mol. The van der Waals surface area contributed by atoms with E-state index in [1.54, 1.807) is 32.0 Å². The molecule has 11 heteroatoms. The first-order valence-corrected chi connectivity index (χ1v) is 13.4. The number of fused-ring (bicyclic) bond motifs is 1. The Balaban J connectivity index is 1.75. The summed E-state index contributed by atoms with van der Waals surface area (Å²) in [4.78, 5) is -0.363. The van der Waals surface area contributed by atoms with Gasteiger partial charge in [0.1, 0.15) is 34.3 Å². The molecule has 10 nitrogen and oxygen atoms in total. The van der Waals surface area contributed by atoms with E-state index in [2.05, 4.69) is 20.5 Å². The van der Waals surface area contributed by atoms with Crippen molar-refractivity contribution in [3.05, 3.63) is 76.9 Å². The number of aryl methyl sites for hydroxylation is 4. The molecule has 0 spiro atoms. The van der Waals surface area contributed by atoms with Crippen LogP contribution in [0.4, 0.5) is 22.7 Å². The quantitative estimate of drug-likeness (QED) is 0.156. The van der Waals surface area contributed by atoms with Crippen molar-refractivity contribution in [2.75, 3.05) is 13.2 Å². The zero-order valence-electron chi connectivity index (χ0n) is 21.9. The van der Waals surface area contributed by atoms with Gasteiger partial charge < -0.3 is 14.9 Å². The molecule has 0 bridgehead atoms. The van der Waals surface area contributed by atoms with Gasteiger partial charge in [-0.25, -0.2) is 0 Å². The monoisotopic (exact) mass is 548 g/mol. The van der Waals surface area contributed by atoms with Gasteiger partial charge in [-0.2, -0.15) is 13.5 Å². The van der Waals surface area contributed by atoms with E-state index in [1.807, 2.05) is 38.1 Å². The number of azo groups is 2. The summed E-state index contributed by atoms with van der Waals surface area (Å²) in [6.07, 6.45) is 0. The first-order chi connectivity index (χ1) is 18.5. The third-order valence-electron chi connectivity index (χ3n) is 5.98. The molecule has 0 amide bonds. The molecule has 0 aliphatic rings. The summed E-state index contributed by atoms with van der Waals surface area (Å²) in [5, 5.41) is 38.7. The maximum Gasteiger partial charge on any atom is 0.296 e. The molecule has 3 N–H and O–H groups in total. The van der Waals surface area contributed by atoms with Gasteiger partial charge in [-0.15, -0.1) is 15.3 Å². The van der Waals surface area contributed by atoms with Crippen LogP contribution in [0.15, 0.2) is 79.9 Å². The van der Waals surface area contributed by atoms with Crippen LogP contribution in [0.5, 0.6) is 11.5 Å². The SMILES string of the molecule is Cc1ccc(S(=O)(=O)O)c(N=Nc2cc(OCCO)c(N=Nc3c(C)cc4ccc(C)cc4c3O)cc2C)c1. The van der Waals surface area contributed by atoms with E-state index in [4.69, 9.17) is 4.74 Å². The Labute approximate surface area is 226 Å². The van der Waals surface area contributed by atoms with Crippen molar-refractivity contribution in [3.63, 3.8) is 0 Å². The fourth-order valence-corrected chi connectivity index (χ4v) is 4.60. The summed E-state index contributed by atoms with van der Waals surface area (Å²) in [5.41, 5.74) is 4.08. The van der Waals surface area contributed by atoms with Crippen LogP contribution in [-0.4, -0.2) is 36.4 Å². The fourth-order valence-electron chi connectivity index (χ4n) is 4.00. The van der Waals surface area contributed by atoms with Crippen LogP contribution in [0, 0.1) is 27.7 Å². The molecule has 4 aromatic rings. The Bertz CT molecular complexity index is 1730. The highest BCUT2D eigenvalue weighted by Gasteiger charge is 2.16. The minimum Gasteiger partial charge on any atom is -0.505 e. The molecule has 0 fully saturated rings. The Morgan fingerprint density at radius 2 is 1.44 bits per heavy atom. The number of phenolic OH excluding ortho intramolecular Hbond substituents is 1. The maximum absolute atomic E-state index is 11.8. The number of ether oxygens (including phenoxy) is 1. The molecule has 0 saturated heterocycles. The molecule has 4 rings (SSSR count). The standard InChI is InChI=1S/C28H28N4O6S/c1-16-5-7-20-13-19(4)27(28(34)21(20)11-16)32-30-23-14-18(3)22(15-25(23)38-10-9-33)29-31-24-12-17(2)6-8-26(24)39(35,36)37/h5-8,11-15,33-34H,9-10H2,1-4H3,(H,35,36,37). The molecule has 0 radical (unpaired) electrons. The Hall–Kier alpha value is -4.19. The molecular weight excluding hydrogens is 520 g/mol. The second kappa shape index (κ2) is 11.3. The molecule has 4 aromatic carbocycles. The minimum absolute atomic E-state index is 0.0176.